The number of amides is 1. The lowest BCUT2D eigenvalue weighted by Gasteiger charge is -2.21. The zero-order chi connectivity index (χ0) is 21.6. The summed E-state index contributed by atoms with van der Waals surface area (Å²) in [6, 6.07) is 22.4. The molecule has 0 aliphatic carbocycles. The van der Waals surface area contributed by atoms with E-state index < -0.39 is 0 Å². The first-order valence-electron chi connectivity index (χ1n) is 9.76. The van der Waals surface area contributed by atoms with Gasteiger partial charge in [0.25, 0.3) is 0 Å². The van der Waals surface area contributed by atoms with Gasteiger partial charge in [-0.05, 0) is 41.5 Å². The van der Waals surface area contributed by atoms with Crippen LogP contribution in [-0.4, -0.2) is 22.4 Å². The molecule has 0 saturated heterocycles. The minimum Gasteiger partial charge on any atom is -0.439 e. The number of carbonyl (C=O) groups excluding carboxylic acids is 1. The molecule has 0 N–H and O–H groups in total. The number of aromatic nitrogens is 1. The summed E-state index contributed by atoms with van der Waals surface area (Å²) in [7, 11) is 0. The van der Waals surface area contributed by atoms with Crippen molar-refractivity contribution in [3.8, 4) is 0 Å². The van der Waals surface area contributed by atoms with E-state index in [9.17, 15) is 4.79 Å². The van der Waals surface area contributed by atoms with Gasteiger partial charge in [0.15, 0.2) is 5.58 Å². The molecule has 0 radical (unpaired) electrons. The summed E-state index contributed by atoms with van der Waals surface area (Å²) in [5.41, 5.74) is 3.18. The third kappa shape index (κ3) is 5.85. The van der Waals surface area contributed by atoms with Crippen LogP contribution in [0.4, 0.5) is 0 Å². The SMILES string of the molecule is O=C(COCc1ccccc1)N(Cc1cccc(Cl)c1)Cc1nc2cc(Cl)ccc2o1. The van der Waals surface area contributed by atoms with Gasteiger partial charge in [0.2, 0.25) is 11.8 Å². The molecule has 158 valence electrons. The van der Waals surface area contributed by atoms with Crippen LogP contribution >= 0.6 is 23.2 Å². The molecule has 0 spiro atoms. The maximum atomic E-state index is 13.0. The summed E-state index contributed by atoms with van der Waals surface area (Å²) in [4.78, 5) is 19.1. The average molecular weight is 455 g/mol. The Labute approximate surface area is 190 Å². The number of benzene rings is 3. The van der Waals surface area contributed by atoms with Crippen LogP contribution in [-0.2, 0) is 29.2 Å². The normalized spacial score (nSPS) is 11.0. The van der Waals surface area contributed by atoms with E-state index in [-0.39, 0.29) is 19.1 Å². The summed E-state index contributed by atoms with van der Waals surface area (Å²) < 4.78 is 11.5. The van der Waals surface area contributed by atoms with Crippen LogP contribution in [0.15, 0.2) is 77.2 Å². The van der Waals surface area contributed by atoms with Crippen molar-refractivity contribution < 1.29 is 13.9 Å². The number of fused-ring (bicyclic) bond motifs is 1. The minimum absolute atomic E-state index is 0.0541. The smallest absolute Gasteiger partial charge is 0.249 e. The van der Waals surface area contributed by atoms with Gasteiger partial charge in [0.1, 0.15) is 12.1 Å². The Bertz CT molecular complexity index is 1180. The van der Waals surface area contributed by atoms with E-state index in [0.29, 0.717) is 40.2 Å². The lowest BCUT2D eigenvalue weighted by molar-refractivity contribution is -0.138. The van der Waals surface area contributed by atoms with E-state index in [1.165, 1.54) is 0 Å². The van der Waals surface area contributed by atoms with Crippen molar-refractivity contribution in [1.29, 1.82) is 0 Å². The number of nitrogens with zero attached hydrogens (tertiary/aromatic N) is 2. The van der Waals surface area contributed by atoms with Gasteiger partial charge in [-0.25, -0.2) is 4.98 Å². The maximum absolute atomic E-state index is 13.0. The van der Waals surface area contributed by atoms with Gasteiger partial charge in [-0.15, -0.1) is 0 Å². The third-order valence-corrected chi connectivity index (χ3v) is 5.14. The van der Waals surface area contributed by atoms with Crippen molar-refractivity contribution in [2.75, 3.05) is 6.61 Å². The molecule has 0 aliphatic rings. The predicted octanol–water partition coefficient (Wildman–Crippen LogP) is 5.88. The van der Waals surface area contributed by atoms with E-state index >= 15 is 0 Å². The summed E-state index contributed by atoms with van der Waals surface area (Å²) in [5.74, 6) is 0.256. The Morgan fingerprint density at radius 1 is 0.903 bits per heavy atom. The Hall–Kier alpha value is -2.86. The van der Waals surface area contributed by atoms with Crippen molar-refractivity contribution in [3.05, 3.63) is 99.9 Å². The van der Waals surface area contributed by atoms with Crippen LogP contribution in [0.2, 0.25) is 10.0 Å². The van der Waals surface area contributed by atoms with Crippen molar-refractivity contribution in [2.45, 2.75) is 19.7 Å². The van der Waals surface area contributed by atoms with E-state index in [1.807, 2.05) is 48.5 Å². The zero-order valence-electron chi connectivity index (χ0n) is 16.6. The number of hydrogen-bond acceptors (Lipinski definition) is 4. The Morgan fingerprint density at radius 3 is 2.48 bits per heavy atom. The number of hydrogen-bond donors (Lipinski definition) is 0. The first-order chi connectivity index (χ1) is 15.1. The molecule has 4 rings (SSSR count). The number of oxazole rings is 1. The third-order valence-electron chi connectivity index (χ3n) is 4.67. The van der Waals surface area contributed by atoms with Gasteiger partial charge in [-0.2, -0.15) is 0 Å². The average Bonchev–Trinajstić information content (AvgIpc) is 3.15. The van der Waals surface area contributed by atoms with Crippen molar-refractivity contribution in [1.82, 2.24) is 9.88 Å². The molecule has 0 fully saturated rings. The highest BCUT2D eigenvalue weighted by Gasteiger charge is 2.18. The molecule has 0 atom stereocenters. The van der Waals surface area contributed by atoms with Crippen molar-refractivity contribution in [3.63, 3.8) is 0 Å². The van der Waals surface area contributed by atoms with E-state index in [1.54, 1.807) is 29.2 Å². The number of halogens is 2. The highest BCUT2D eigenvalue weighted by atomic mass is 35.5. The van der Waals surface area contributed by atoms with Gasteiger partial charge >= 0.3 is 0 Å². The van der Waals surface area contributed by atoms with E-state index in [4.69, 9.17) is 32.4 Å². The molecule has 7 heteroatoms. The largest absolute Gasteiger partial charge is 0.439 e. The summed E-state index contributed by atoms with van der Waals surface area (Å²) in [6.07, 6.45) is 0. The highest BCUT2D eigenvalue weighted by Crippen LogP contribution is 2.22. The van der Waals surface area contributed by atoms with Crippen LogP contribution in [0.1, 0.15) is 17.0 Å². The quantitative estimate of drug-likeness (QED) is 0.333. The lowest BCUT2D eigenvalue weighted by Crippen LogP contribution is -2.33. The fourth-order valence-corrected chi connectivity index (χ4v) is 3.57. The molecule has 0 saturated carbocycles. The van der Waals surface area contributed by atoms with E-state index in [0.717, 1.165) is 11.1 Å². The summed E-state index contributed by atoms with van der Waals surface area (Å²) in [5, 5.41) is 1.19. The molecule has 1 heterocycles. The van der Waals surface area contributed by atoms with E-state index in [2.05, 4.69) is 4.98 Å². The second-order valence-electron chi connectivity index (χ2n) is 7.08. The summed E-state index contributed by atoms with van der Waals surface area (Å²) in [6.45, 7) is 0.862. The van der Waals surface area contributed by atoms with Gasteiger partial charge in [-0.3, -0.25) is 4.79 Å². The number of ether oxygens (including phenoxy) is 1. The second-order valence-corrected chi connectivity index (χ2v) is 7.95. The monoisotopic (exact) mass is 454 g/mol. The summed E-state index contributed by atoms with van der Waals surface area (Å²) >= 11 is 12.2. The fourth-order valence-electron chi connectivity index (χ4n) is 3.19. The maximum Gasteiger partial charge on any atom is 0.249 e. The molecule has 3 aromatic carbocycles. The first-order valence-corrected chi connectivity index (χ1v) is 10.5. The topological polar surface area (TPSA) is 55.6 Å². The molecule has 4 aromatic rings. The Balaban J connectivity index is 1.49. The molecule has 1 amide bonds. The Morgan fingerprint density at radius 2 is 1.68 bits per heavy atom. The van der Waals surface area contributed by atoms with Gasteiger partial charge < -0.3 is 14.1 Å². The molecular formula is C24H20Cl2N2O3. The first kappa shape index (κ1) is 21.4. The van der Waals surface area contributed by atoms with Gasteiger partial charge in [0.05, 0.1) is 13.2 Å². The standard InChI is InChI=1S/C24H20Cl2N2O3/c25-19-8-4-7-18(11-19)13-28(24(29)16-30-15-17-5-2-1-3-6-17)14-23-27-21-12-20(26)9-10-22(21)31-23/h1-12H,13-16H2. The molecule has 0 aliphatic heterocycles. The number of rotatable bonds is 8. The fraction of sp³-hybridized carbons (Fsp3) is 0.167. The van der Waals surface area contributed by atoms with Gasteiger partial charge in [0, 0.05) is 16.6 Å². The van der Waals surface area contributed by atoms with Crippen molar-refractivity contribution >= 4 is 40.2 Å². The highest BCUT2D eigenvalue weighted by molar-refractivity contribution is 6.31. The molecule has 5 nitrogen and oxygen atoms in total. The number of carbonyl (C=O) groups is 1. The lowest BCUT2D eigenvalue weighted by atomic mass is 10.2. The zero-order valence-corrected chi connectivity index (χ0v) is 18.1. The molecule has 1 aromatic heterocycles. The molecule has 0 bridgehead atoms. The van der Waals surface area contributed by atoms with Crippen molar-refractivity contribution in [2.24, 2.45) is 0 Å². The second kappa shape index (κ2) is 9.96. The van der Waals surface area contributed by atoms with Crippen LogP contribution in [0.5, 0.6) is 0 Å². The minimum atomic E-state index is -0.170. The molecule has 31 heavy (non-hydrogen) atoms. The van der Waals surface area contributed by atoms with Gasteiger partial charge in [-0.1, -0.05) is 65.7 Å². The molecular weight excluding hydrogens is 435 g/mol. The molecule has 0 unspecified atom stereocenters. The van der Waals surface area contributed by atoms with Crippen LogP contribution in [0.25, 0.3) is 11.1 Å². The van der Waals surface area contributed by atoms with Crippen LogP contribution < -0.4 is 0 Å². The predicted molar refractivity (Wildman–Crippen MR) is 121 cm³/mol. The van der Waals surface area contributed by atoms with Crippen LogP contribution in [0.3, 0.4) is 0 Å². The van der Waals surface area contributed by atoms with Crippen LogP contribution in [0, 0.1) is 0 Å². The Kier molecular flexibility index (Phi) is 6.87.